The van der Waals surface area contributed by atoms with E-state index in [0.717, 1.165) is 55.8 Å². The zero-order valence-corrected chi connectivity index (χ0v) is 19.1. The Morgan fingerprint density at radius 2 is 1.17 bits per heavy atom. The summed E-state index contributed by atoms with van der Waals surface area (Å²) in [7, 11) is 0. The average molecular weight is 463 g/mol. The van der Waals surface area contributed by atoms with Gasteiger partial charge in [0.2, 0.25) is 0 Å². The Bertz CT molecular complexity index is 711. The lowest BCUT2D eigenvalue weighted by Crippen LogP contribution is -2.07. The van der Waals surface area contributed by atoms with Crippen LogP contribution in [-0.4, -0.2) is 25.2 Å². The number of fused-ring (bicyclic) bond motifs is 1. The van der Waals surface area contributed by atoms with E-state index in [1.807, 2.05) is 24.3 Å². The molecule has 158 valence electrons. The van der Waals surface area contributed by atoms with E-state index >= 15 is 0 Å². The molecule has 0 N–H and O–H groups in total. The third-order valence-electron chi connectivity index (χ3n) is 4.88. The molecule has 5 heteroatoms. The first-order valence-corrected chi connectivity index (χ1v) is 11.4. The van der Waals surface area contributed by atoms with Gasteiger partial charge in [-0.1, -0.05) is 80.4 Å². The van der Waals surface area contributed by atoms with Gasteiger partial charge in [0.1, 0.15) is 0 Å². The van der Waals surface area contributed by atoms with Gasteiger partial charge in [-0.3, -0.25) is 0 Å². The summed E-state index contributed by atoms with van der Waals surface area (Å²) in [6, 6.07) is 9.01. The second-order valence-corrected chi connectivity index (χ2v) is 8.16. The van der Waals surface area contributed by atoms with E-state index in [-0.39, 0.29) is 0 Å². The van der Waals surface area contributed by atoms with Crippen molar-refractivity contribution in [3.8, 4) is 11.1 Å². The number of ether oxygens (including phenoxy) is 2. The summed E-state index contributed by atoms with van der Waals surface area (Å²) in [5.41, 5.74) is 2.23. The van der Waals surface area contributed by atoms with Crippen molar-refractivity contribution in [3.63, 3.8) is 0 Å². The molecular weight excluding hydrogens is 432 g/mol. The van der Waals surface area contributed by atoms with Crippen LogP contribution < -0.4 is 0 Å². The lowest BCUT2D eigenvalue weighted by molar-refractivity contribution is 0.0497. The summed E-state index contributed by atoms with van der Waals surface area (Å²) in [6.07, 6.45) is 8.33. The van der Waals surface area contributed by atoms with E-state index in [1.54, 1.807) is 6.07 Å². The van der Waals surface area contributed by atoms with E-state index < -0.39 is 11.9 Å². The lowest BCUT2D eigenvalue weighted by Gasteiger charge is -2.05. The first-order chi connectivity index (χ1) is 14.1. The number of rotatable bonds is 12. The molecule has 0 radical (unpaired) electrons. The Hall–Kier alpha value is -1.88. The summed E-state index contributed by atoms with van der Waals surface area (Å²) in [4.78, 5) is 25.3. The van der Waals surface area contributed by atoms with Gasteiger partial charge >= 0.3 is 11.9 Å². The molecule has 0 aliphatic heterocycles. The van der Waals surface area contributed by atoms with Crippen molar-refractivity contribution in [2.75, 3.05) is 13.2 Å². The van der Waals surface area contributed by atoms with Crippen LogP contribution in [0.2, 0.25) is 0 Å². The number of halogens is 1. The number of unbranched alkanes of at least 4 members (excludes halogenated alkanes) is 6. The van der Waals surface area contributed by atoms with Crippen molar-refractivity contribution in [2.45, 2.75) is 65.2 Å². The van der Waals surface area contributed by atoms with E-state index in [0.29, 0.717) is 35.5 Å². The van der Waals surface area contributed by atoms with E-state index in [2.05, 4.69) is 29.8 Å². The molecule has 4 nitrogen and oxygen atoms in total. The summed E-state index contributed by atoms with van der Waals surface area (Å²) in [5.74, 6) is -0.786. The molecule has 0 aromatic rings. The molecule has 0 bridgehead atoms. The van der Waals surface area contributed by atoms with Crippen LogP contribution in [0.4, 0.5) is 0 Å². The number of carbonyl (C=O) groups is 2. The van der Waals surface area contributed by atoms with Crippen LogP contribution >= 0.6 is 15.9 Å². The lowest BCUT2D eigenvalue weighted by atomic mass is 10.1. The van der Waals surface area contributed by atoms with Crippen molar-refractivity contribution < 1.29 is 19.1 Å². The molecule has 2 aliphatic rings. The van der Waals surface area contributed by atoms with Crippen LogP contribution in [-0.2, 0) is 9.47 Å². The molecule has 2 rings (SSSR count). The molecule has 0 heterocycles. The average Bonchev–Trinajstić information content (AvgIpc) is 2.98. The SMILES string of the molecule is CCCCCCOC(=O)c1cc(C(=O)OCCCCCC)c2ccc(Br)ccc1-2. The highest BCUT2D eigenvalue weighted by Gasteiger charge is 2.25. The minimum absolute atomic E-state index is 0.393. The number of esters is 2. The fourth-order valence-corrected chi connectivity index (χ4v) is 3.48. The zero-order chi connectivity index (χ0) is 21.1. The van der Waals surface area contributed by atoms with E-state index in [9.17, 15) is 9.59 Å². The van der Waals surface area contributed by atoms with Crippen LogP contribution in [0, 0.1) is 0 Å². The van der Waals surface area contributed by atoms with Gasteiger partial charge in [0.25, 0.3) is 0 Å². The normalized spacial score (nSPS) is 10.9. The van der Waals surface area contributed by atoms with Gasteiger partial charge in [-0.05, 0) is 42.2 Å². The Morgan fingerprint density at radius 3 is 1.59 bits per heavy atom. The Labute approximate surface area is 182 Å². The number of carbonyl (C=O) groups excluding carboxylic acids is 2. The second-order valence-electron chi connectivity index (χ2n) is 7.24. The Kier molecular flexibility index (Phi) is 10.2. The van der Waals surface area contributed by atoms with Gasteiger partial charge < -0.3 is 9.47 Å². The Morgan fingerprint density at radius 1 is 0.724 bits per heavy atom. The molecule has 0 fully saturated rings. The topological polar surface area (TPSA) is 52.6 Å². The molecule has 0 aromatic carbocycles. The fraction of sp³-hybridized carbons (Fsp3) is 0.500. The maximum atomic E-state index is 12.7. The second kappa shape index (κ2) is 12.6. The van der Waals surface area contributed by atoms with E-state index in [1.165, 1.54) is 0 Å². The van der Waals surface area contributed by atoms with Gasteiger partial charge in [-0.15, -0.1) is 0 Å². The molecule has 0 saturated heterocycles. The highest BCUT2D eigenvalue weighted by molar-refractivity contribution is 9.10. The predicted molar refractivity (Wildman–Crippen MR) is 120 cm³/mol. The smallest absolute Gasteiger partial charge is 0.338 e. The van der Waals surface area contributed by atoms with Crippen molar-refractivity contribution in [2.24, 2.45) is 0 Å². The molecular formula is C24H31BrO4. The molecule has 0 unspecified atom stereocenters. The largest absolute Gasteiger partial charge is 0.462 e. The van der Waals surface area contributed by atoms with Crippen LogP contribution in [0.5, 0.6) is 0 Å². The maximum absolute atomic E-state index is 12.7. The van der Waals surface area contributed by atoms with Crippen LogP contribution in [0.25, 0.3) is 11.1 Å². The molecule has 0 aromatic heterocycles. The van der Waals surface area contributed by atoms with Crippen LogP contribution in [0.15, 0.2) is 34.8 Å². The summed E-state index contributed by atoms with van der Waals surface area (Å²) < 4.78 is 11.8. The van der Waals surface area contributed by atoms with Gasteiger partial charge in [0.15, 0.2) is 0 Å². The third-order valence-corrected chi connectivity index (χ3v) is 5.41. The molecule has 2 aliphatic carbocycles. The van der Waals surface area contributed by atoms with Crippen molar-refractivity contribution in [1.82, 2.24) is 0 Å². The first kappa shape index (κ1) is 23.4. The minimum Gasteiger partial charge on any atom is -0.462 e. The molecule has 0 amide bonds. The molecule has 0 saturated carbocycles. The number of hydrogen-bond donors (Lipinski definition) is 0. The van der Waals surface area contributed by atoms with Gasteiger partial charge in [0, 0.05) is 4.47 Å². The highest BCUT2D eigenvalue weighted by atomic mass is 79.9. The summed E-state index contributed by atoms with van der Waals surface area (Å²) >= 11 is 3.45. The first-order valence-electron chi connectivity index (χ1n) is 10.6. The summed E-state index contributed by atoms with van der Waals surface area (Å²) in [5, 5.41) is 0. The Balaban J connectivity index is 2.14. The van der Waals surface area contributed by atoms with Crippen LogP contribution in [0.1, 0.15) is 85.9 Å². The quantitative estimate of drug-likeness (QED) is 0.251. The van der Waals surface area contributed by atoms with E-state index in [4.69, 9.17) is 9.47 Å². The monoisotopic (exact) mass is 462 g/mol. The van der Waals surface area contributed by atoms with Crippen molar-refractivity contribution in [3.05, 3.63) is 45.9 Å². The van der Waals surface area contributed by atoms with Crippen LogP contribution in [0.3, 0.4) is 0 Å². The van der Waals surface area contributed by atoms with Gasteiger partial charge in [-0.2, -0.15) is 0 Å². The fourth-order valence-electron chi connectivity index (χ4n) is 3.21. The molecule has 0 spiro atoms. The van der Waals surface area contributed by atoms with Crippen molar-refractivity contribution >= 4 is 27.9 Å². The predicted octanol–water partition coefficient (Wildman–Crippen LogP) is 7.03. The summed E-state index contributed by atoms with van der Waals surface area (Å²) in [6.45, 7) is 5.08. The number of hydrogen-bond acceptors (Lipinski definition) is 4. The van der Waals surface area contributed by atoms with Gasteiger partial charge in [-0.25, -0.2) is 9.59 Å². The minimum atomic E-state index is -0.393. The highest BCUT2D eigenvalue weighted by Crippen LogP contribution is 2.34. The molecule has 29 heavy (non-hydrogen) atoms. The third kappa shape index (κ3) is 7.14. The molecule has 0 atom stereocenters. The van der Waals surface area contributed by atoms with Gasteiger partial charge in [0.05, 0.1) is 24.3 Å². The van der Waals surface area contributed by atoms with Crippen molar-refractivity contribution in [1.29, 1.82) is 0 Å². The zero-order valence-electron chi connectivity index (χ0n) is 17.5. The maximum Gasteiger partial charge on any atom is 0.338 e. The standard InChI is InChI=1S/C24H31BrO4/c1-3-5-7-9-15-28-23(26)21-17-22(24(27)29-16-10-8-6-4-2)20-14-12-18(25)11-13-19(20)21/h11-14,17H,3-10,15-16H2,1-2H3.